The molecule has 152 valence electrons. The third-order valence-electron chi connectivity index (χ3n) is 4.72. The molecule has 7 nitrogen and oxygen atoms in total. The van der Waals surface area contributed by atoms with Crippen LogP contribution in [-0.2, 0) is 19.1 Å². The van der Waals surface area contributed by atoms with Gasteiger partial charge in [0.2, 0.25) is 12.0 Å². The molecule has 0 unspecified atom stereocenters. The monoisotopic (exact) mass is 396 g/mol. The number of carbonyl (C=O) groups excluding carboxylic acids is 3. The fraction of sp³-hybridized carbons (Fsp3) is 0.318. The summed E-state index contributed by atoms with van der Waals surface area (Å²) in [5.41, 5.74) is 3.27. The molecule has 1 aliphatic rings. The Morgan fingerprint density at radius 1 is 1.17 bits per heavy atom. The SMILES string of the molecule is CC(=O)N1C[C@H](C(=O)O[C@H](C)C(=O)Nc2ccc(C)cc2C)Oc2ccccc21. The van der Waals surface area contributed by atoms with E-state index in [0.29, 0.717) is 17.1 Å². The number of ether oxygens (including phenoxy) is 2. The van der Waals surface area contributed by atoms with Crippen molar-refractivity contribution in [1.82, 2.24) is 0 Å². The lowest BCUT2D eigenvalue weighted by molar-refractivity contribution is -0.160. The second-order valence-electron chi connectivity index (χ2n) is 7.09. The van der Waals surface area contributed by atoms with Gasteiger partial charge >= 0.3 is 5.97 Å². The summed E-state index contributed by atoms with van der Waals surface area (Å²) >= 11 is 0. The number of fused-ring (bicyclic) bond motifs is 1. The molecule has 3 rings (SSSR count). The highest BCUT2D eigenvalue weighted by atomic mass is 16.6. The summed E-state index contributed by atoms with van der Waals surface area (Å²) in [5.74, 6) is -0.929. The number of amides is 2. The van der Waals surface area contributed by atoms with Crippen LogP contribution in [0.1, 0.15) is 25.0 Å². The van der Waals surface area contributed by atoms with Crippen molar-refractivity contribution in [2.45, 2.75) is 39.9 Å². The summed E-state index contributed by atoms with van der Waals surface area (Å²) in [4.78, 5) is 38.5. The fourth-order valence-electron chi connectivity index (χ4n) is 3.15. The van der Waals surface area contributed by atoms with Crippen LogP contribution in [0.15, 0.2) is 42.5 Å². The lowest BCUT2D eigenvalue weighted by Crippen LogP contribution is -2.48. The van der Waals surface area contributed by atoms with Crippen LogP contribution < -0.4 is 15.0 Å². The lowest BCUT2D eigenvalue weighted by atomic mass is 10.1. The first-order valence-corrected chi connectivity index (χ1v) is 9.38. The van der Waals surface area contributed by atoms with Gasteiger partial charge in [0.1, 0.15) is 5.75 Å². The van der Waals surface area contributed by atoms with Crippen LogP contribution >= 0.6 is 0 Å². The minimum atomic E-state index is -1.02. The van der Waals surface area contributed by atoms with E-state index in [1.807, 2.05) is 32.0 Å². The molecule has 0 aromatic heterocycles. The number of benzene rings is 2. The van der Waals surface area contributed by atoms with Crippen molar-refractivity contribution in [3.63, 3.8) is 0 Å². The predicted octanol–water partition coefficient (Wildman–Crippen LogP) is 2.99. The number of anilines is 2. The first-order chi connectivity index (χ1) is 13.8. The molecule has 0 bridgehead atoms. The van der Waals surface area contributed by atoms with Gasteiger partial charge in [-0.05, 0) is 44.5 Å². The highest BCUT2D eigenvalue weighted by molar-refractivity contribution is 5.97. The first-order valence-electron chi connectivity index (χ1n) is 9.38. The van der Waals surface area contributed by atoms with Crippen LogP contribution in [0.5, 0.6) is 5.75 Å². The number of hydrogen-bond acceptors (Lipinski definition) is 5. The van der Waals surface area contributed by atoms with Gasteiger partial charge in [-0.25, -0.2) is 4.79 Å². The molecule has 0 aliphatic carbocycles. The molecule has 0 spiro atoms. The number of rotatable bonds is 4. The molecule has 2 atom stereocenters. The molecule has 0 saturated carbocycles. The van der Waals surface area contributed by atoms with Crippen molar-refractivity contribution in [1.29, 1.82) is 0 Å². The van der Waals surface area contributed by atoms with Gasteiger partial charge in [0, 0.05) is 12.6 Å². The number of para-hydroxylation sites is 2. The van der Waals surface area contributed by atoms with Crippen molar-refractivity contribution >= 4 is 29.2 Å². The van der Waals surface area contributed by atoms with Gasteiger partial charge in [-0.1, -0.05) is 29.8 Å². The summed E-state index contributed by atoms with van der Waals surface area (Å²) in [7, 11) is 0. The standard InChI is InChI=1S/C22H24N2O5/c1-13-9-10-17(14(2)11-13)23-21(26)15(3)28-22(27)20-12-24(16(4)25)18-7-5-6-8-19(18)29-20/h5-11,15,20H,12H2,1-4H3,(H,23,26)/t15-,20-/m1/s1. The molecule has 0 fully saturated rings. The normalized spacial score (nSPS) is 16.3. The Labute approximate surface area is 169 Å². The van der Waals surface area contributed by atoms with Crippen LogP contribution in [-0.4, -0.2) is 36.5 Å². The fourth-order valence-corrected chi connectivity index (χ4v) is 3.15. The topological polar surface area (TPSA) is 84.9 Å². The van der Waals surface area contributed by atoms with Crippen molar-refractivity contribution in [3.8, 4) is 5.75 Å². The first kappa shape index (κ1) is 20.4. The maximum atomic E-state index is 12.6. The quantitative estimate of drug-likeness (QED) is 0.803. The summed E-state index contributed by atoms with van der Waals surface area (Å²) in [6, 6.07) is 12.6. The van der Waals surface area contributed by atoms with Crippen LogP contribution in [0.2, 0.25) is 0 Å². The van der Waals surface area contributed by atoms with Crippen LogP contribution in [0.25, 0.3) is 0 Å². The Balaban J connectivity index is 1.66. The highest BCUT2D eigenvalue weighted by Crippen LogP contribution is 2.33. The van der Waals surface area contributed by atoms with Crippen molar-refractivity contribution in [2.75, 3.05) is 16.8 Å². The van der Waals surface area contributed by atoms with E-state index in [0.717, 1.165) is 11.1 Å². The Morgan fingerprint density at radius 3 is 2.59 bits per heavy atom. The van der Waals surface area contributed by atoms with Gasteiger partial charge in [-0.3, -0.25) is 9.59 Å². The molecule has 2 aromatic rings. The second kappa shape index (κ2) is 8.34. The average Bonchev–Trinajstić information content (AvgIpc) is 2.68. The van der Waals surface area contributed by atoms with Gasteiger partial charge in [0.05, 0.1) is 12.2 Å². The summed E-state index contributed by atoms with van der Waals surface area (Å²) in [6.45, 7) is 6.80. The Bertz CT molecular complexity index is 956. The van der Waals surface area contributed by atoms with Crippen molar-refractivity contribution in [3.05, 3.63) is 53.6 Å². The maximum Gasteiger partial charge on any atom is 0.350 e. The molecule has 1 aliphatic heterocycles. The van der Waals surface area contributed by atoms with Gasteiger partial charge in [-0.15, -0.1) is 0 Å². The second-order valence-corrected chi connectivity index (χ2v) is 7.09. The van der Waals surface area contributed by atoms with E-state index < -0.39 is 24.1 Å². The number of hydrogen-bond donors (Lipinski definition) is 1. The summed E-state index contributed by atoms with van der Waals surface area (Å²) < 4.78 is 11.0. The average molecular weight is 396 g/mol. The number of aryl methyl sites for hydroxylation is 2. The molecule has 7 heteroatoms. The van der Waals surface area contributed by atoms with Crippen LogP contribution in [0.3, 0.4) is 0 Å². The summed E-state index contributed by atoms with van der Waals surface area (Å²) in [6.07, 6.45) is -2.03. The van der Waals surface area contributed by atoms with Gasteiger partial charge < -0.3 is 19.7 Å². The molecular formula is C22H24N2O5. The molecule has 0 saturated heterocycles. The van der Waals surface area contributed by atoms with Gasteiger partial charge in [-0.2, -0.15) is 0 Å². The van der Waals surface area contributed by atoms with Crippen molar-refractivity contribution < 1.29 is 23.9 Å². The molecule has 29 heavy (non-hydrogen) atoms. The van der Waals surface area contributed by atoms with E-state index in [-0.39, 0.29) is 12.5 Å². The number of nitrogens with zero attached hydrogens (tertiary/aromatic N) is 1. The predicted molar refractivity (Wildman–Crippen MR) is 109 cm³/mol. The highest BCUT2D eigenvalue weighted by Gasteiger charge is 2.35. The zero-order valence-corrected chi connectivity index (χ0v) is 16.9. The van der Waals surface area contributed by atoms with E-state index in [2.05, 4.69) is 5.32 Å². The third-order valence-corrected chi connectivity index (χ3v) is 4.72. The van der Waals surface area contributed by atoms with E-state index in [1.54, 1.807) is 24.3 Å². The van der Waals surface area contributed by atoms with Gasteiger partial charge in [0.15, 0.2) is 6.10 Å². The minimum Gasteiger partial charge on any atom is -0.475 e. The van der Waals surface area contributed by atoms with E-state index in [1.165, 1.54) is 18.7 Å². The zero-order valence-electron chi connectivity index (χ0n) is 16.9. The number of carbonyl (C=O) groups is 3. The molecule has 0 radical (unpaired) electrons. The maximum absolute atomic E-state index is 12.6. The van der Waals surface area contributed by atoms with Crippen LogP contribution in [0, 0.1) is 13.8 Å². The van der Waals surface area contributed by atoms with Gasteiger partial charge in [0.25, 0.3) is 5.91 Å². The Morgan fingerprint density at radius 2 is 1.90 bits per heavy atom. The molecule has 1 N–H and O–H groups in total. The molecule has 1 heterocycles. The number of esters is 1. The lowest BCUT2D eigenvalue weighted by Gasteiger charge is -2.33. The molecule has 2 amide bonds. The Hall–Kier alpha value is -3.35. The van der Waals surface area contributed by atoms with E-state index >= 15 is 0 Å². The molecular weight excluding hydrogens is 372 g/mol. The smallest absolute Gasteiger partial charge is 0.350 e. The Kier molecular flexibility index (Phi) is 5.87. The van der Waals surface area contributed by atoms with Crippen molar-refractivity contribution in [2.24, 2.45) is 0 Å². The molecule has 2 aromatic carbocycles. The largest absolute Gasteiger partial charge is 0.475 e. The minimum absolute atomic E-state index is 0.0244. The number of nitrogens with one attached hydrogen (secondary N) is 1. The van der Waals surface area contributed by atoms with Crippen LogP contribution in [0.4, 0.5) is 11.4 Å². The third kappa shape index (κ3) is 4.56. The van der Waals surface area contributed by atoms with E-state index in [4.69, 9.17) is 9.47 Å². The zero-order chi connectivity index (χ0) is 21.1. The summed E-state index contributed by atoms with van der Waals surface area (Å²) in [5, 5.41) is 2.77. The van der Waals surface area contributed by atoms with E-state index in [9.17, 15) is 14.4 Å².